The maximum atomic E-state index is 13.1. The van der Waals surface area contributed by atoms with E-state index in [0.29, 0.717) is 19.5 Å². The van der Waals surface area contributed by atoms with Gasteiger partial charge in [-0.1, -0.05) is 24.1 Å². The van der Waals surface area contributed by atoms with Gasteiger partial charge in [-0.2, -0.15) is 0 Å². The molecule has 1 aliphatic carbocycles. The lowest BCUT2D eigenvalue weighted by atomic mass is 9.94. The number of urea groups is 1. The molecule has 1 aromatic heterocycles. The largest absolute Gasteiger partial charge is 0.490 e. The van der Waals surface area contributed by atoms with Crippen molar-refractivity contribution in [1.82, 2.24) is 15.2 Å². The van der Waals surface area contributed by atoms with E-state index in [1.165, 1.54) is 23.8 Å². The monoisotopic (exact) mass is 571 g/mol. The van der Waals surface area contributed by atoms with Crippen molar-refractivity contribution in [1.29, 1.82) is 0 Å². The van der Waals surface area contributed by atoms with Crippen LogP contribution in [0.3, 0.4) is 0 Å². The lowest BCUT2D eigenvalue weighted by molar-refractivity contribution is -0.142. The zero-order chi connectivity index (χ0) is 28.9. The predicted molar refractivity (Wildman–Crippen MR) is 162 cm³/mol. The Kier molecular flexibility index (Phi) is 8.94. The first-order valence-electron chi connectivity index (χ1n) is 14.3. The second-order valence-corrected chi connectivity index (χ2v) is 11.9. The highest BCUT2D eigenvalue weighted by Gasteiger charge is 2.30. The van der Waals surface area contributed by atoms with Crippen LogP contribution in [0.15, 0.2) is 42.6 Å². The molecule has 1 unspecified atom stereocenters. The van der Waals surface area contributed by atoms with Gasteiger partial charge in [-0.05, 0) is 87.3 Å². The van der Waals surface area contributed by atoms with Crippen LogP contribution in [-0.2, 0) is 16.0 Å². The minimum absolute atomic E-state index is 0.0127. The molecule has 7 nitrogen and oxygen atoms in total. The summed E-state index contributed by atoms with van der Waals surface area (Å²) in [5.41, 5.74) is 5.52. The molecule has 0 spiro atoms. The highest BCUT2D eigenvalue weighted by atomic mass is 32.1. The standard InChI is InChI=1S/C33H37N3O4S/c1-5-7-23-19-24(10-13-29(23)40-21(2)3)32-34-20-30(41-32)27-9-6-8-26-25(27)11-12-28(26)35-33(38)36-16-14-22(15-17-36)18-31(37)39-4/h6,8-10,13,19-22,28H,11-12,14-18H2,1-4H3,(H,35,38). The number of esters is 1. The maximum Gasteiger partial charge on any atom is 0.317 e. The lowest BCUT2D eigenvalue weighted by Gasteiger charge is -2.32. The number of likely N-dealkylation sites (tertiary alicyclic amines) is 1. The summed E-state index contributed by atoms with van der Waals surface area (Å²) in [6, 6.07) is 12.4. The van der Waals surface area contributed by atoms with Crippen LogP contribution in [0.1, 0.15) is 69.2 Å². The Morgan fingerprint density at radius 1 is 1.17 bits per heavy atom. The molecule has 1 N–H and O–H groups in total. The Labute approximate surface area is 246 Å². The number of hydrogen-bond donors (Lipinski definition) is 1. The van der Waals surface area contributed by atoms with Gasteiger partial charge in [0, 0.05) is 31.3 Å². The zero-order valence-corrected chi connectivity index (χ0v) is 25.0. The van der Waals surface area contributed by atoms with Gasteiger partial charge >= 0.3 is 12.0 Å². The van der Waals surface area contributed by atoms with Crippen LogP contribution in [0, 0.1) is 17.8 Å². The fourth-order valence-corrected chi connectivity index (χ4v) is 6.68. The first kappa shape index (κ1) is 28.7. The normalized spacial score (nSPS) is 16.6. The molecule has 8 heteroatoms. The van der Waals surface area contributed by atoms with Gasteiger partial charge in [0.1, 0.15) is 10.8 Å². The average Bonchev–Trinajstić information content (AvgIpc) is 3.62. The minimum atomic E-state index is -0.177. The molecular formula is C33H37N3O4S. The Morgan fingerprint density at radius 2 is 1.98 bits per heavy atom. The smallest absolute Gasteiger partial charge is 0.317 e. The van der Waals surface area contributed by atoms with Crippen molar-refractivity contribution in [3.05, 3.63) is 59.3 Å². The van der Waals surface area contributed by atoms with Crippen LogP contribution in [0.25, 0.3) is 21.0 Å². The van der Waals surface area contributed by atoms with Crippen LogP contribution in [0.4, 0.5) is 4.79 Å². The third kappa shape index (κ3) is 6.57. The molecule has 1 fully saturated rings. The molecule has 3 aromatic rings. The van der Waals surface area contributed by atoms with E-state index >= 15 is 0 Å². The van der Waals surface area contributed by atoms with Gasteiger partial charge in [-0.3, -0.25) is 4.79 Å². The van der Waals surface area contributed by atoms with Crippen molar-refractivity contribution < 1.29 is 19.1 Å². The minimum Gasteiger partial charge on any atom is -0.490 e. The number of aromatic nitrogens is 1. The second kappa shape index (κ2) is 12.8. The van der Waals surface area contributed by atoms with Gasteiger partial charge in [0.15, 0.2) is 0 Å². The molecule has 2 aliphatic rings. The number of piperidine rings is 1. The summed E-state index contributed by atoms with van der Waals surface area (Å²) in [7, 11) is 1.42. The number of carbonyl (C=O) groups excluding carboxylic acids is 2. The molecule has 0 radical (unpaired) electrons. The van der Waals surface area contributed by atoms with E-state index < -0.39 is 0 Å². The topological polar surface area (TPSA) is 80.8 Å². The predicted octanol–water partition coefficient (Wildman–Crippen LogP) is 6.61. The van der Waals surface area contributed by atoms with Gasteiger partial charge < -0.3 is 19.7 Å². The molecule has 0 saturated carbocycles. The highest BCUT2D eigenvalue weighted by molar-refractivity contribution is 7.18. The Bertz CT molecular complexity index is 1480. The van der Waals surface area contributed by atoms with Gasteiger partial charge in [0.2, 0.25) is 0 Å². The maximum absolute atomic E-state index is 13.1. The number of hydrogen-bond acceptors (Lipinski definition) is 6. The van der Waals surface area contributed by atoms with Gasteiger partial charge in [-0.15, -0.1) is 17.3 Å². The van der Waals surface area contributed by atoms with Crippen molar-refractivity contribution in [2.24, 2.45) is 5.92 Å². The van der Waals surface area contributed by atoms with Crippen molar-refractivity contribution >= 4 is 23.3 Å². The number of nitrogens with zero attached hydrogens (tertiary/aromatic N) is 2. The highest BCUT2D eigenvalue weighted by Crippen LogP contribution is 2.41. The summed E-state index contributed by atoms with van der Waals surface area (Å²) < 4.78 is 10.7. The molecule has 5 rings (SSSR count). The number of benzene rings is 2. The number of rotatable bonds is 7. The molecule has 214 valence electrons. The molecule has 1 aliphatic heterocycles. The van der Waals surface area contributed by atoms with Crippen molar-refractivity contribution in [3.8, 4) is 38.6 Å². The van der Waals surface area contributed by atoms with Crippen LogP contribution in [0.2, 0.25) is 0 Å². The molecule has 1 atom stereocenters. The summed E-state index contributed by atoms with van der Waals surface area (Å²) >= 11 is 1.67. The summed E-state index contributed by atoms with van der Waals surface area (Å²) in [6.07, 6.45) is 5.87. The number of thiazole rings is 1. The third-order valence-electron chi connectivity index (χ3n) is 7.77. The third-order valence-corrected chi connectivity index (χ3v) is 8.85. The summed E-state index contributed by atoms with van der Waals surface area (Å²) in [6.45, 7) is 7.17. The molecule has 1 saturated heterocycles. The first-order valence-corrected chi connectivity index (χ1v) is 15.1. The van der Waals surface area contributed by atoms with E-state index in [1.54, 1.807) is 11.3 Å². The molecule has 41 heavy (non-hydrogen) atoms. The van der Waals surface area contributed by atoms with Crippen molar-refractivity contribution in [2.75, 3.05) is 20.2 Å². The fourth-order valence-electron chi connectivity index (χ4n) is 5.72. The number of ether oxygens (including phenoxy) is 2. The average molecular weight is 572 g/mol. The van der Waals surface area contributed by atoms with Gasteiger partial charge in [-0.25, -0.2) is 9.78 Å². The van der Waals surface area contributed by atoms with Gasteiger partial charge in [0.05, 0.1) is 29.7 Å². The Balaban J connectivity index is 1.28. The van der Waals surface area contributed by atoms with Gasteiger partial charge in [0.25, 0.3) is 0 Å². The zero-order valence-electron chi connectivity index (χ0n) is 24.2. The van der Waals surface area contributed by atoms with E-state index in [4.69, 9.17) is 14.5 Å². The summed E-state index contributed by atoms with van der Waals surface area (Å²) in [4.78, 5) is 32.5. The first-order chi connectivity index (χ1) is 19.9. The van der Waals surface area contributed by atoms with Crippen LogP contribution in [0.5, 0.6) is 5.75 Å². The molecule has 0 bridgehead atoms. The van der Waals surface area contributed by atoms with E-state index in [0.717, 1.165) is 52.4 Å². The molecular weight excluding hydrogens is 534 g/mol. The van der Waals surface area contributed by atoms with Crippen molar-refractivity contribution in [3.63, 3.8) is 0 Å². The Morgan fingerprint density at radius 3 is 2.71 bits per heavy atom. The lowest BCUT2D eigenvalue weighted by Crippen LogP contribution is -2.45. The quantitative estimate of drug-likeness (QED) is 0.255. The Hall–Kier alpha value is -3.83. The van der Waals surface area contributed by atoms with E-state index in [-0.39, 0.29) is 30.1 Å². The summed E-state index contributed by atoms with van der Waals surface area (Å²) in [5, 5.41) is 4.21. The second-order valence-electron chi connectivity index (χ2n) is 10.9. The summed E-state index contributed by atoms with van der Waals surface area (Å²) in [5.74, 6) is 7.04. The number of methoxy groups -OCH3 is 1. The fraction of sp³-hybridized carbons (Fsp3) is 0.424. The SMILES string of the molecule is CC#Cc1cc(-c2ncc(-c3cccc4c3CCC4NC(=O)N3CCC(CC(=O)OC)CC3)s2)ccc1OC(C)C. The van der Waals surface area contributed by atoms with E-state index in [1.807, 2.05) is 44.0 Å². The molecule has 2 aromatic carbocycles. The van der Waals surface area contributed by atoms with Crippen LogP contribution >= 0.6 is 11.3 Å². The van der Waals surface area contributed by atoms with E-state index in [9.17, 15) is 9.59 Å². The van der Waals surface area contributed by atoms with E-state index in [2.05, 4.69) is 41.4 Å². The molecule has 2 amide bonds. The van der Waals surface area contributed by atoms with Crippen LogP contribution < -0.4 is 10.1 Å². The molecule has 2 heterocycles. The number of amides is 2. The number of carbonyl (C=O) groups is 2. The van der Waals surface area contributed by atoms with Crippen LogP contribution in [-0.4, -0.2) is 48.2 Å². The van der Waals surface area contributed by atoms with Crippen molar-refractivity contribution in [2.45, 2.75) is 65.0 Å². The number of nitrogens with one attached hydrogen (secondary N) is 1. The number of fused-ring (bicyclic) bond motifs is 1.